The minimum atomic E-state index is -4.43. The van der Waals surface area contributed by atoms with Crippen molar-refractivity contribution in [2.24, 2.45) is 0 Å². The van der Waals surface area contributed by atoms with Crippen LogP contribution in [0.5, 0.6) is 0 Å². The number of aliphatic hydroxyl groups excluding tert-OH is 1. The zero-order valence-electron chi connectivity index (χ0n) is 10.7. The highest BCUT2D eigenvalue weighted by Gasteiger charge is 2.33. The Balaban J connectivity index is 2.38. The van der Waals surface area contributed by atoms with E-state index < -0.39 is 18.3 Å². The van der Waals surface area contributed by atoms with Crippen LogP contribution in [0.2, 0.25) is 0 Å². The lowest BCUT2D eigenvalue weighted by atomic mass is 10.1. The molecular formula is C15H13F3OS. The Hall–Kier alpha value is -1.46. The molecule has 2 aromatic rings. The lowest BCUT2D eigenvalue weighted by Gasteiger charge is -2.13. The van der Waals surface area contributed by atoms with E-state index in [1.165, 1.54) is 12.1 Å². The van der Waals surface area contributed by atoms with E-state index in [1.807, 2.05) is 19.1 Å². The zero-order chi connectivity index (χ0) is 14.8. The Morgan fingerprint density at radius 2 is 1.70 bits per heavy atom. The molecule has 0 spiro atoms. The summed E-state index contributed by atoms with van der Waals surface area (Å²) >= 11 is 1.07. The number of aryl methyl sites for hydroxylation is 1. The highest BCUT2D eigenvalue weighted by Crippen LogP contribution is 2.40. The van der Waals surface area contributed by atoms with Gasteiger partial charge in [-0.25, -0.2) is 0 Å². The zero-order valence-corrected chi connectivity index (χ0v) is 11.6. The molecule has 2 aromatic carbocycles. The van der Waals surface area contributed by atoms with Crippen LogP contribution in [-0.4, -0.2) is 5.11 Å². The normalized spacial score (nSPS) is 11.7. The van der Waals surface area contributed by atoms with Crippen molar-refractivity contribution in [2.75, 3.05) is 0 Å². The first kappa shape index (κ1) is 14.9. The second-order valence-electron chi connectivity index (χ2n) is 4.40. The van der Waals surface area contributed by atoms with Gasteiger partial charge < -0.3 is 5.11 Å². The predicted octanol–water partition coefficient (Wildman–Crippen LogP) is 4.66. The van der Waals surface area contributed by atoms with E-state index in [0.717, 1.165) is 28.3 Å². The van der Waals surface area contributed by atoms with E-state index in [4.69, 9.17) is 5.11 Å². The first-order chi connectivity index (χ1) is 9.40. The van der Waals surface area contributed by atoms with Crippen LogP contribution in [0.3, 0.4) is 0 Å². The molecule has 0 radical (unpaired) electrons. The van der Waals surface area contributed by atoms with Crippen molar-refractivity contribution in [3.63, 3.8) is 0 Å². The average molecular weight is 298 g/mol. The summed E-state index contributed by atoms with van der Waals surface area (Å²) in [6.45, 7) is 1.52. The van der Waals surface area contributed by atoms with Gasteiger partial charge in [-0.3, -0.25) is 0 Å². The second-order valence-corrected chi connectivity index (χ2v) is 5.52. The molecule has 1 nitrogen and oxygen atoms in total. The lowest BCUT2D eigenvalue weighted by Crippen LogP contribution is -2.07. The second kappa shape index (κ2) is 5.89. The molecule has 0 bridgehead atoms. The summed E-state index contributed by atoms with van der Waals surface area (Å²) < 4.78 is 39.1. The van der Waals surface area contributed by atoms with E-state index in [1.54, 1.807) is 12.1 Å². The van der Waals surface area contributed by atoms with E-state index >= 15 is 0 Å². The van der Waals surface area contributed by atoms with Crippen LogP contribution in [0.1, 0.15) is 16.7 Å². The number of rotatable bonds is 3. The number of halogens is 3. The lowest BCUT2D eigenvalue weighted by molar-refractivity contribution is -0.139. The summed E-state index contributed by atoms with van der Waals surface area (Å²) in [5, 5.41) is 8.96. The van der Waals surface area contributed by atoms with Crippen LogP contribution in [-0.2, 0) is 12.8 Å². The van der Waals surface area contributed by atoms with Gasteiger partial charge >= 0.3 is 6.18 Å². The summed E-state index contributed by atoms with van der Waals surface area (Å²) in [5.41, 5.74) is 0.598. The quantitative estimate of drug-likeness (QED) is 0.889. The number of aliphatic hydroxyl groups is 1. The fraction of sp³-hybridized carbons (Fsp3) is 0.200. The van der Waals surface area contributed by atoms with Gasteiger partial charge in [0.25, 0.3) is 0 Å². The molecule has 0 aromatic heterocycles. The minimum absolute atomic E-state index is 0.138. The highest BCUT2D eigenvalue weighted by atomic mass is 32.2. The monoisotopic (exact) mass is 298 g/mol. The number of hydrogen-bond acceptors (Lipinski definition) is 2. The molecule has 0 aliphatic rings. The van der Waals surface area contributed by atoms with Gasteiger partial charge in [0, 0.05) is 9.79 Å². The maximum absolute atomic E-state index is 13.0. The van der Waals surface area contributed by atoms with E-state index in [-0.39, 0.29) is 10.5 Å². The molecule has 2 rings (SSSR count). The van der Waals surface area contributed by atoms with Gasteiger partial charge in [0.1, 0.15) is 0 Å². The van der Waals surface area contributed by atoms with Gasteiger partial charge in [0.2, 0.25) is 0 Å². The van der Waals surface area contributed by atoms with Gasteiger partial charge in [-0.2, -0.15) is 13.2 Å². The fourth-order valence-corrected chi connectivity index (χ4v) is 2.67. The summed E-state index contributed by atoms with van der Waals surface area (Å²) in [6.07, 6.45) is -4.43. The Kier molecular flexibility index (Phi) is 4.40. The van der Waals surface area contributed by atoms with Crippen molar-refractivity contribution in [1.82, 2.24) is 0 Å². The third-order valence-corrected chi connectivity index (χ3v) is 3.86. The van der Waals surface area contributed by atoms with Crippen LogP contribution in [0, 0.1) is 6.92 Å². The Bertz CT molecular complexity index is 591. The third kappa shape index (κ3) is 3.55. The van der Waals surface area contributed by atoms with Crippen molar-refractivity contribution in [1.29, 1.82) is 0 Å². The first-order valence-electron chi connectivity index (χ1n) is 5.95. The maximum Gasteiger partial charge on any atom is 0.417 e. The van der Waals surface area contributed by atoms with Crippen molar-refractivity contribution in [2.45, 2.75) is 29.5 Å². The molecule has 0 unspecified atom stereocenters. The molecule has 106 valence electrons. The highest BCUT2D eigenvalue weighted by molar-refractivity contribution is 7.99. The van der Waals surface area contributed by atoms with E-state index in [9.17, 15) is 13.2 Å². The summed E-state index contributed by atoms with van der Waals surface area (Å²) in [5.74, 6) is 0. The molecule has 20 heavy (non-hydrogen) atoms. The van der Waals surface area contributed by atoms with E-state index in [2.05, 4.69) is 0 Å². The number of benzene rings is 2. The summed E-state index contributed by atoms with van der Waals surface area (Å²) in [6, 6.07) is 11.2. The maximum atomic E-state index is 13.0. The van der Waals surface area contributed by atoms with Crippen LogP contribution in [0.4, 0.5) is 13.2 Å². The molecule has 0 heterocycles. The van der Waals surface area contributed by atoms with Crippen molar-refractivity contribution in [3.8, 4) is 0 Å². The van der Waals surface area contributed by atoms with E-state index in [0.29, 0.717) is 0 Å². The Morgan fingerprint density at radius 1 is 1.05 bits per heavy atom. The molecular weight excluding hydrogens is 285 g/mol. The fourth-order valence-electron chi connectivity index (χ4n) is 1.72. The number of alkyl halides is 3. The number of hydrogen-bond donors (Lipinski definition) is 1. The van der Waals surface area contributed by atoms with Crippen LogP contribution in [0.25, 0.3) is 0 Å². The van der Waals surface area contributed by atoms with Gasteiger partial charge in [0.05, 0.1) is 12.2 Å². The third-order valence-electron chi connectivity index (χ3n) is 2.78. The molecule has 0 saturated carbocycles. The molecule has 1 N–H and O–H groups in total. The molecule has 0 fully saturated rings. The molecule has 0 atom stereocenters. The van der Waals surface area contributed by atoms with Gasteiger partial charge in [0.15, 0.2) is 0 Å². The summed E-state index contributed by atoms with van der Waals surface area (Å²) in [4.78, 5) is 0.886. The standard InChI is InChI=1S/C15H13F3OS/c1-10-2-5-12(6-3-10)20-14-7-4-11(9-19)8-13(14)15(16,17)18/h2-8,19H,9H2,1H3. The molecule has 0 aliphatic heterocycles. The molecule has 0 amide bonds. The molecule has 5 heteroatoms. The van der Waals surface area contributed by atoms with Crippen LogP contribution < -0.4 is 0 Å². The minimum Gasteiger partial charge on any atom is -0.392 e. The van der Waals surface area contributed by atoms with Crippen molar-refractivity contribution >= 4 is 11.8 Å². The molecule has 0 saturated heterocycles. The Morgan fingerprint density at radius 3 is 2.25 bits per heavy atom. The topological polar surface area (TPSA) is 20.2 Å². The van der Waals surface area contributed by atoms with Gasteiger partial charge in [-0.15, -0.1) is 0 Å². The van der Waals surface area contributed by atoms with Crippen molar-refractivity contribution in [3.05, 3.63) is 59.2 Å². The smallest absolute Gasteiger partial charge is 0.392 e. The van der Waals surface area contributed by atoms with Crippen molar-refractivity contribution < 1.29 is 18.3 Å². The SMILES string of the molecule is Cc1ccc(Sc2ccc(CO)cc2C(F)(F)F)cc1. The average Bonchev–Trinajstić information content (AvgIpc) is 2.40. The van der Waals surface area contributed by atoms with Crippen LogP contribution >= 0.6 is 11.8 Å². The largest absolute Gasteiger partial charge is 0.417 e. The first-order valence-corrected chi connectivity index (χ1v) is 6.77. The van der Waals surface area contributed by atoms with Crippen LogP contribution in [0.15, 0.2) is 52.3 Å². The van der Waals surface area contributed by atoms with Gasteiger partial charge in [-0.05, 0) is 36.8 Å². The predicted molar refractivity (Wildman–Crippen MR) is 72.7 cm³/mol. The summed E-state index contributed by atoms with van der Waals surface area (Å²) in [7, 11) is 0. The Labute approximate surface area is 119 Å². The van der Waals surface area contributed by atoms with Gasteiger partial charge in [-0.1, -0.05) is 35.5 Å². The molecule has 0 aliphatic carbocycles.